The van der Waals surface area contributed by atoms with Gasteiger partial charge in [-0.1, -0.05) is 23.7 Å². The van der Waals surface area contributed by atoms with E-state index in [0.29, 0.717) is 6.42 Å². The van der Waals surface area contributed by atoms with Crippen LogP contribution in [-0.2, 0) is 6.42 Å². The van der Waals surface area contributed by atoms with E-state index >= 15 is 0 Å². The summed E-state index contributed by atoms with van der Waals surface area (Å²) in [6.07, 6.45) is 0.430. The largest absolute Gasteiger partial charge is 0.494 e. The summed E-state index contributed by atoms with van der Waals surface area (Å²) in [6, 6.07) is 8.74. The lowest BCUT2D eigenvalue weighted by molar-refractivity contribution is 0.386. The first kappa shape index (κ1) is 15.7. The number of nitrogens with one attached hydrogen (secondary N) is 1. The molecule has 1 unspecified atom stereocenters. The minimum absolute atomic E-state index is 0.0219. The van der Waals surface area contributed by atoms with Crippen LogP contribution in [0.4, 0.5) is 8.78 Å². The zero-order valence-corrected chi connectivity index (χ0v) is 12.1. The fourth-order valence-electron chi connectivity index (χ4n) is 2.07. The normalized spacial score (nSPS) is 12.2. The van der Waals surface area contributed by atoms with E-state index in [9.17, 15) is 8.78 Å². The van der Waals surface area contributed by atoms with Gasteiger partial charge in [0.2, 0.25) is 0 Å². The Bertz CT molecular complexity index is 637. The average molecular weight is 313 g/mol. The van der Waals surface area contributed by atoms with Gasteiger partial charge in [-0.15, -0.1) is 0 Å². The number of nitrogens with two attached hydrogens (primary N) is 1. The molecule has 3 nitrogen and oxygen atoms in total. The molecule has 21 heavy (non-hydrogen) atoms. The molecular formula is C15H15ClF2N2O. The third-order valence-corrected chi connectivity index (χ3v) is 3.49. The Morgan fingerprint density at radius 3 is 2.52 bits per heavy atom. The van der Waals surface area contributed by atoms with Gasteiger partial charge in [-0.2, -0.15) is 0 Å². The quantitative estimate of drug-likeness (QED) is 0.657. The fourth-order valence-corrected chi connectivity index (χ4v) is 2.26. The average Bonchev–Trinajstić information content (AvgIpc) is 2.48. The maximum absolute atomic E-state index is 13.7. The number of benzene rings is 2. The van der Waals surface area contributed by atoms with Crippen molar-refractivity contribution in [2.75, 3.05) is 7.11 Å². The summed E-state index contributed by atoms with van der Waals surface area (Å²) in [7, 11) is 1.41. The summed E-state index contributed by atoms with van der Waals surface area (Å²) < 4.78 is 31.7. The molecule has 1 atom stereocenters. The third-order valence-electron chi connectivity index (χ3n) is 3.20. The van der Waals surface area contributed by atoms with Gasteiger partial charge < -0.3 is 4.74 Å². The summed E-state index contributed by atoms with van der Waals surface area (Å²) >= 11 is 5.76. The molecule has 2 rings (SSSR count). The maximum Gasteiger partial charge on any atom is 0.165 e. The number of hydrogen-bond acceptors (Lipinski definition) is 3. The zero-order valence-electron chi connectivity index (χ0n) is 11.4. The van der Waals surface area contributed by atoms with Crippen LogP contribution >= 0.6 is 11.6 Å². The Morgan fingerprint density at radius 2 is 1.95 bits per heavy atom. The molecule has 0 aromatic heterocycles. The summed E-state index contributed by atoms with van der Waals surface area (Å²) in [5.41, 5.74) is 4.08. The Labute approximate surface area is 126 Å². The third kappa shape index (κ3) is 3.69. The number of rotatable bonds is 5. The molecule has 112 valence electrons. The maximum atomic E-state index is 13.7. The lowest BCUT2D eigenvalue weighted by Gasteiger charge is -2.17. The predicted octanol–water partition coefficient (Wildman–Crippen LogP) is 3.37. The molecule has 0 spiro atoms. The van der Waals surface area contributed by atoms with Crippen LogP contribution in [0, 0.1) is 11.6 Å². The number of halogens is 3. The molecule has 0 saturated heterocycles. The predicted molar refractivity (Wildman–Crippen MR) is 78.1 cm³/mol. The molecule has 0 bridgehead atoms. The second-order valence-electron chi connectivity index (χ2n) is 4.57. The topological polar surface area (TPSA) is 47.3 Å². The van der Waals surface area contributed by atoms with Gasteiger partial charge in [-0.05, 0) is 41.8 Å². The van der Waals surface area contributed by atoms with Gasteiger partial charge in [0.05, 0.1) is 18.2 Å². The molecule has 3 N–H and O–H groups in total. The number of ether oxygens (including phenoxy) is 1. The Balaban J connectivity index is 2.22. The van der Waals surface area contributed by atoms with E-state index in [4.69, 9.17) is 22.2 Å². The van der Waals surface area contributed by atoms with E-state index in [0.717, 1.165) is 11.1 Å². The minimum atomic E-state index is -0.494. The molecule has 6 heteroatoms. The number of hydrazine groups is 1. The van der Waals surface area contributed by atoms with E-state index in [-0.39, 0.29) is 16.8 Å². The molecule has 0 saturated carbocycles. The van der Waals surface area contributed by atoms with Gasteiger partial charge in [0.15, 0.2) is 11.6 Å². The van der Waals surface area contributed by atoms with Gasteiger partial charge in [-0.25, -0.2) is 8.78 Å². The van der Waals surface area contributed by atoms with Crippen molar-refractivity contribution in [2.24, 2.45) is 5.84 Å². The van der Waals surface area contributed by atoms with Crippen LogP contribution in [0.2, 0.25) is 5.02 Å². The van der Waals surface area contributed by atoms with Crippen LogP contribution in [0.25, 0.3) is 0 Å². The van der Waals surface area contributed by atoms with E-state index in [1.54, 1.807) is 18.2 Å². The first-order valence-corrected chi connectivity index (χ1v) is 6.66. The van der Waals surface area contributed by atoms with Crippen molar-refractivity contribution in [2.45, 2.75) is 12.5 Å². The lowest BCUT2D eigenvalue weighted by Crippen LogP contribution is -2.29. The Morgan fingerprint density at radius 1 is 1.19 bits per heavy atom. The van der Waals surface area contributed by atoms with Crippen molar-refractivity contribution in [3.63, 3.8) is 0 Å². The highest BCUT2D eigenvalue weighted by Gasteiger charge is 2.14. The molecular weight excluding hydrogens is 298 g/mol. The van der Waals surface area contributed by atoms with Crippen molar-refractivity contribution in [1.82, 2.24) is 5.43 Å². The molecule has 0 fully saturated rings. The highest BCUT2D eigenvalue weighted by molar-refractivity contribution is 6.30. The van der Waals surface area contributed by atoms with Gasteiger partial charge in [0, 0.05) is 0 Å². The first-order chi connectivity index (χ1) is 10.0. The van der Waals surface area contributed by atoms with Crippen molar-refractivity contribution in [3.8, 4) is 5.75 Å². The van der Waals surface area contributed by atoms with Gasteiger partial charge in [0.25, 0.3) is 0 Å². The zero-order chi connectivity index (χ0) is 15.4. The van der Waals surface area contributed by atoms with Gasteiger partial charge in [-0.3, -0.25) is 11.3 Å². The van der Waals surface area contributed by atoms with Crippen LogP contribution in [0.3, 0.4) is 0 Å². The lowest BCUT2D eigenvalue weighted by atomic mass is 9.99. The van der Waals surface area contributed by atoms with Crippen LogP contribution in [0.15, 0.2) is 36.4 Å². The van der Waals surface area contributed by atoms with Crippen molar-refractivity contribution in [1.29, 1.82) is 0 Å². The van der Waals surface area contributed by atoms with Crippen LogP contribution in [0.5, 0.6) is 5.75 Å². The highest BCUT2D eigenvalue weighted by atomic mass is 35.5. The molecule has 0 heterocycles. The smallest absolute Gasteiger partial charge is 0.165 e. The van der Waals surface area contributed by atoms with Crippen molar-refractivity contribution in [3.05, 3.63) is 64.2 Å². The summed E-state index contributed by atoms with van der Waals surface area (Å²) in [5, 5.41) is 0.0219. The van der Waals surface area contributed by atoms with E-state index in [1.165, 1.54) is 25.3 Å². The monoisotopic (exact) mass is 312 g/mol. The van der Waals surface area contributed by atoms with E-state index in [1.807, 2.05) is 0 Å². The first-order valence-electron chi connectivity index (χ1n) is 6.28. The molecule has 2 aromatic carbocycles. The van der Waals surface area contributed by atoms with Crippen LogP contribution in [0.1, 0.15) is 17.2 Å². The fraction of sp³-hybridized carbons (Fsp3) is 0.200. The molecule has 0 amide bonds. The summed E-state index contributed by atoms with van der Waals surface area (Å²) in [4.78, 5) is 0. The van der Waals surface area contributed by atoms with Crippen LogP contribution in [-0.4, -0.2) is 7.11 Å². The summed E-state index contributed by atoms with van der Waals surface area (Å²) in [5.74, 6) is 4.78. The minimum Gasteiger partial charge on any atom is -0.494 e. The van der Waals surface area contributed by atoms with E-state index < -0.39 is 11.6 Å². The van der Waals surface area contributed by atoms with Crippen molar-refractivity contribution < 1.29 is 13.5 Å². The Hall–Kier alpha value is -1.69. The Kier molecular flexibility index (Phi) is 5.12. The van der Waals surface area contributed by atoms with Crippen LogP contribution < -0.4 is 16.0 Å². The number of hydrogen-bond donors (Lipinski definition) is 2. The van der Waals surface area contributed by atoms with Crippen molar-refractivity contribution >= 4 is 11.6 Å². The number of methoxy groups -OCH3 is 1. The van der Waals surface area contributed by atoms with Gasteiger partial charge >= 0.3 is 0 Å². The summed E-state index contributed by atoms with van der Waals surface area (Å²) in [6.45, 7) is 0. The van der Waals surface area contributed by atoms with E-state index in [2.05, 4.69) is 5.43 Å². The SMILES string of the molecule is COc1ccc(CC(NN)c2ccc(F)c(Cl)c2)cc1F. The molecule has 0 aliphatic rings. The molecule has 0 aliphatic heterocycles. The molecule has 0 radical (unpaired) electrons. The second kappa shape index (κ2) is 6.85. The standard InChI is InChI=1S/C15H15ClF2N2O/c1-21-15-5-2-9(6-13(15)18)7-14(20-19)10-3-4-12(17)11(16)8-10/h2-6,8,14,20H,7,19H2,1H3. The van der Waals surface area contributed by atoms with Gasteiger partial charge in [0.1, 0.15) is 5.82 Å². The molecule has 0 aliphatic carbocycles. The second-order valence-corrected chi connectivity index (χ2v) is 4.97. The highest BCUT2D eigenvalue weighted by Crippen LogP contribution is 2.25. The molecule has 2 aromatic rings.